The highest BCUT2D eigenvalue weighted by Crippen LogP contribution is 2.23. The molecule has 19 heavy (non-hydrogen) atoms. The number of nitrogens with zero attached hydrogens (tertiary/aromatic N) is 2. The maximum Gasteiger partial charge on any atom is 0.242 e. The summed E-state index contributed by atoms with van der Waals surface area (Å²) in [5.74, 6) is -0.294. The van der Waals surface area contributed by atoms with E-state index in [2.05, 4.69) is 10.3 Å². The Kier molecular flexibility index (Phi) is 3.69. The summed E-state index contributed by atoms with van der Waals surface area (Å²) in [5, 5.41) is 2.81. The molecule has 6 heteroatoms. The lowest BCUT2D eigenvalue weighted by Crippen LogP contribution is -2.31. The highest BCUT2D eigenvalue weighted by Gasteiger charge is 2.20. The first-order chi connectivity index (χ1) is 9.04. The first kappa shape index (κ1) is 13.3. The third-order valence-corrected chi connectivity index (χ3v) is 2.99. The maximum absolute atomic E-state index is 13.1. The first-order valence-corrected chi connectivity index (χ1v) is 6.25. The molecule has 1 amide bonds. The molecule has 1 aromatic carbocycles. The average Bonchev–Trinajstić information content (AvgIpc) is 2.70. The number of nitrogens with one attached hydrogen (secondary N) is 1. The van der Waals surface area contributed by atoms with E-state index in [0.717, 1.165) is 6.42 Å². The fourth-order valence-electron chi connectivity index (χ4n) is 2.01. The van der Waals surface area contributed by atoms with Crippen LogP contribution in [0.5, 0.6) is 0 Å². The Hall–Kier alpha value is -2.11. The molecule has 1 heterocycles. The van der Waals surface area contributed by atoms with Gasteiger partial charge in [-0.15, -0.1) is 0 Å². The lowest BCUT2D eigenvalue weighted by Gasteiger charge is -2.15. The van der Waals surface area contributed by atoms with Crippen LogP contribution in [0.25, 0.3) is 11.0 Å². The van der Waals surface area contributed by atoms with E-state index >= 15 is 0 Å². The summed E-state index contributed by atoms with van der Waals surface area (Å²) in [6.07, 6.45) is 0.865. The molecule has 0 aliphatic rings. The molecule has 2 aromatic rings. The van der Waals surface area contributed by atoms with E-state index in [1.807, 2.05) is 6.92 Å². The molecule has 1 aromatic heterocycles. The van der Waals surface area contributed by atoms with Crippen molar-refractivity contribution in [3.8, 4) is 0 Å². The van der Waals surface area contributed by atoms with Crippen molar-refractivity contribution >= 4 is 22.9 Å². The molecule has 2 rings (SSSR count). The van der Waals surface area contributed by atoms with Crippen molar-refractivity contribution < 1.29 is 9.18 Å². The van der Waals surface area contributed by atoms with E-state index in [1.54, 1.807) is 17.6 Å². The molecule has 0 fully saturated rings. The van der Waals surface area contributed by atoms with Crippen LogP contribution >= 0.6 is 0 Å². The van der Waals surface area contributed by atoms with Gasteiger partial charge in [0.15, 0.2) is 0 Å². The molecular formula is C13H17FN4O. The van der Waals surface area contributed by atoms with E-state index in [1.165, 1.54) is 12.1 Å². The summed E-state index contributed by atoms with van der Waals surface area (Å²) >= 11 is 0. The van der Waals surface area contributed by atoms with Gasteiger partial charge < -0.3 is 11.1 Å². The Bertz CT molecular complexity index is 608. The van der Waals surface area contributed by atoms with Gasteiger partial charge in [-0.3, -0.25) is 9.36 Å². The minimum absolute atomic E-state index is 0.128. The van der Waals surface area contributed by atoms with Crippen molar-refractivity contribution in [2.45, 2.75) is 26.3 Å². The van der Waals surface area contributed by atoms with Gasteiger partial charge in [0.05, 0.1) is 11.0 Å². The number of anilines is 1. The number of benzene rings is 1. The van der Waals surface area contributed by atoms with Crippen molar-refractivity contribution in [3.63, 3.8) is 0 Å². The molecule has 0 aliphatic carbocycles. The second-order valence-electron chi connectivity index (χ2n) is 4.44. The summed E-state index contributed by atoms with van der Waals surface area (Å²) in [5.41, 5.74) is 6.92. The van der Waals surface area contributed by atoms with Gasteiger partial charge in [-0.05, 0) is 25.5 Å². The van der Waals surface area contributed by atoms with Gasteiger partial charge in [-0.25, -0.2) is 9.37 Å². The number of carbonyl (C=O) groups excluding carboxylic acids is 1. The van der Waals surface area contributed by atoms with Crippen LogP contribution in [-0.2, 0) is 4.79 Å². The van der Waals surface area contributed by atoms with E-state index in [0.29, 0.717) is 17.6 Å². The second kappa shape index (κ2) is 5.26. The third kappa shape index (κ3) is 2.52. The van der Waals surface area contributed by atoms with Crippen molar-refractivity contribution in [1.29, 1.82) is 0 Å². The van der Waals surface area contributed by atoms with Crippen LogP contribution in [0.4, 0.5) is 10.3 Å². The van der Waals surface area contributed by atoms with Gasteiger partial charge >= 0.3 is 0 Å². The van der Waals surface area contributed by atoms with Crippen LogP contribution < -0.4 is 11.1 Å². The Morgan fingerprint density at radius 1 is 1.58 bits per heavy atom. The first-order valence-electron chi connectivity index (χ1n) is 6.25. The van der Waals surface area contributed by atoms with Gasteiger partial charge in [0.1, 0.15) is 11.9 Å². The zero-order chi connectivity index (χ0) is 14.0. The quantitative estimate of drug-likeness (QED) is 0.885. The SMILES string of the molecule is CCCNC(=O)C(C)n1c(N)nc2cc(F)ccc21. The van der Waals surface area contributed by atoms with Gasteiger partial charge in [-0.2, -0.15) is 0 Å². The molecule has 0 spiro atoms. The molecule has 102 valence electrons. The normalized spacial score (nSPS) is 12.6. The maximum atomic E-state index is 13.1. The van der Waals surface area contributed by atoms with Crippen molar-refractivity contribution in [2.75, 3.05) is 12.3 Å². The van der Waals surface area contributed by atoms with Crippen molar-refractivity contribution in [2.24, 2.45) is 0 Å². The number of halogens is 1. The molecule has 0 aliphatic heterocycles. The number of hydrogen-bond acceptors (Lipinski definition) is 3. The fraction of sp³-hybridized carbons (Fsp3) is 0.385. The number of nitrogens with two attached hydrogens (primary N) is 1. The smallest absolute Gasteiger partial charge is 0.242 e. The number of nitrogen functional groups attached to an aromatic ring is 1. The number of rotatable bonds is 4. The molecule has 5 nitrogen and oxygen atoms in total. The van der Waals surface area contributed by atoms with Crippen LogP contribution in [0.2, 0.25) is 0 Å². The van der Waals surface area contributed by atoms with Crippen molar-refractivity contribution in [3.05, 3.63) is 24.0 Å². The highest BCUT2D eigenvalue weighted by molar-refractivity contribution is 5.85. The highest BCUT2D eigenvalue weighted by atomic mass is 19.1. The third-order valence-electron chi connectivity index (χ3n) is 2.99. The summed E-state index contributed by atoms with van der Waals surface area (Å²) in [6, 6.07) is 3.73. The minimum atomic E-state index is -0.484. The van der Waals surface area contributed by atoms with Crippen molar-refractivity contribution in [1.82, 2.24) is 14.9 Å². The lowest BCUT2D eigenvalue weighted by molar-refractivity contribution is -0.123. The Morgan fingerprint density at radius 2 is 2.32 bits per heavy atom. The Morgan fingerprint density at radius 3 is 3.00 bits per heavy atom. The van der Waals surface area contributed by atoms with E-state index in [-0.39, 0.29) is 17.7 Å². The van der Waals surface area contributed by atoms with Crippen LogP contribution in [-0.4, -0.2) is 22.0 Å². The summed E-state index contributed by atoms with van der Waals surface area (Å²) < 4.78 is 14.7. The van der Waals surface area contributed by atoms with E-state index < -0.39 is 6.04 Å². The topological polar surface area (TPSA) is 72.9 Å². The fourth-order valence-corrected chi connectivity index (χ4v) is 2.01. The summed E-state index contributed by atoms with van der Waals surface area (Å²) in [7, 11) is 0. The van der Waals surface area contributed by atoms with Crippen LogP contribution in [0, 0.1) is 5.82 Å². The molecule has 0 radical (unpaired) electrons. The average molecular weight is 264 g/mol. The summed E-state index contributed by atoms with van der Waals surface area (Å²) in [4.78, 5) is 16.1. The number of fused-ring (bicyclic) bond motifs is 1. The number of imidazole rings is 1. The molecular weight excluding hydrogens is 247 g/mol. The Balaban J connectivity index is 2.38. The number of carbonyl (C=O) groups is 1. The minimum Gasteiger partial charge on any atom is -0.369 e. The zero-order valence-electron chi connectivity index (χ0n) is 11.0. The van der Waals surface area contributed by atoms with Crippen LogP contribution in [0.3, 0.4) is 0 Å². The standard InChI is InChI=1S/C13H17FN4O/c1-3-6-16-12(19)8(2)18-11-5-4-9(14)7-10(11)17-13(18)15/h4-5,7-8H,3,6H2,1-2H3,(H2,15,17)(H,16,19). The van der Waals surface area contributed by atoms with E-state index in [4.69, 9.17) is 5.73 Å². The number of hydrogen-bond donors (Lipinski definition) is 2. The number of amides is 1. The number of aromatic nitrogens is 2. The van der Waals surface area contributed by atoms with Gasteiger partial charge in [0, 0.05) is 12.6 Å². The van der Waals surface area contributed by atoms with Gasteiger partial charge in [0.25, 0.3) is 0 Å². The monoisotopic (exact) mass is 264 g/mol. The van der Waals surface area contributed by atoms with E-state index in [9.17, 15) is 9.18 Å². The van der Waals surface area contributed by atoms with Gasteiger partial charge in [0.2, 0.25) is 11.9 Å². The van der Waals surface area contributed by atoms with Crippen LogP contribution in [0.1, 0.15) is 26.3 Å². The predicted molar refractivity (Wildman–Crippen MR) is 72.1 cm³/mol. The predicted octanol–water partition coefficient (Wildman–Crippen LogP) is 1.84. The second-order valence-corrected chi connectivity index (χ2v) is 4.44. The van der Waals surface area contributed by atoms with Crippen LogP contribution in [0.15, 0.2) is 18.2 Å². The molecule has 0 saturated carbocycles. The molecule has 3 N–H and O–H groups in total. The lowest BCUT2D eigenvalue weighted by atomic mass is 10.2. The largest absolute Gasteiger partial charge is 0.369 e. The van der Waals surface area contributed by atoms with Gasteiger partial charge in [-0.1, -0.05) is 6.92 Å². The molecule has 0 bridgehead atoms. The molecule has 1 atom stereocenters. The molecule has 0 saturated heterocycles. The Labute approximate surface area is 110 Å². The summed E-state index contributed by atoms with van der Waals surface area (Å²) in [6.45, 7) is 4.34. The zero-order valence-corrected chi connectivity index (χ0v) is 11.0. The molecule has 1 unspecified atom stereocenters.